The standard InChI is InChI=1S/C13H26N2O/c1-2-3-11-4-6-15(9-11)13(8-14)12-5-7-16-10-12/h11-13H,2-10,14H2,1H3. The van der Waals surface area contributed by atoms with Gasteiger partial charge in [0, 0.05) is 31.7 Å². The Kier molecular flexibility index (Phi) is 4.62. The minimum Gasteiger partial charge on any atom is -0.381 e. The van der Waals surface area contributed by atoms with Gasteiger partial charge in [0.2, 0.25) is 0 Å². The third-order valence-corrected chi connectivity index (χ3v) is 4.23. The first-order valence-electron chi connectivity index (χ1n) is 6.87. The van der Waals surface area contributed by atoms with E-state index >= 15 is 0 Å². The smallest absolute Gasteiger partial charge is 0.0510 e. The Morgan fingerprint density at radius 3 is 2.94 bits per heavy atom. The van der Waals surface area contributed by atoms with E-state index in [4.69, 9.17) is 10.5 Å². The van der Waals surface area contributed by atoms with Crippen LogP contribution in [0.25, 0.3) is 0 Å². The molecule has 0 aromatic carbocycles. The van der Waals surface area contributed by atoms with E-state index in [1.807, 2.05) is 0 Å². The summed E-state index contributed by atoms with van der Waals surface area (Å²) in [5.41, 5.74) is 5.95. The molecule has 0 aliphatic carbocycles. The third-order valence-electron chi connectivity index (χ3n) is 4.23. The predicted molar refractivity (Wildman–Crippen MR) is 66.4 cm³/mol. The molecule has 0 amide bonds. The van der Waals surface area contributed by atoms with Gasteiger partial charge in [-0.25, -0.2) is 0 Å². The minimum atomic E-state index is 0.573. The number of likely N-dealkylation sites (tertiary alicyclic amines) is 1. The highest BCUT2D eigenvalue weighted by Gasteiger charge is 2.33. The van der Waals surface area contributed by atoms with Gasteiger partial charge in [0.05, 0.1) is 6.61 Å². The molecule has 0 spiro atoms. The van der Waals surface area contributed by atoms with Crippen LogP contribution in [0, 0.1) is 11.8 Å². The summed E-state index contributed by atoms with van der Waals surface area (Å²) in [6.07, 6.45) is 5.28. The average Bonchev–Trinajstić information content (AvgIpc) is 2.92. The Morgan fingerprint density at radius 2 is 2.31 bits per heavy atom. The molecule has 3 nitrogen and oxygen atoms in total. The molecule has 16 heavy (non-hydrogen) atoms. The van der Waals surface area contributed by atoms with Gasteiger partial charge < -0.3 is 10.5 Å². The second kappa shape index (κ2) is 5.99. The average molecular weight is 226 g/mol. The second-order valence-electron chi connectivity index (χ2n) is 5.37. The molecule has 2 heterocycles. The van der Waals surface area contributed by atoms with Crippen LogP contribution in [0.4, 0.5) is 0 Å². The number of nitrogens with zero attached hydrogens (tertiary/aromatic N) is 1. The van der Waals surface area contributed by atoms with E-state index in [2.05, 4.69) is 11.8 Å². The Balaban J connectivity index is 1.85. The van der Waals surface area contributed by atoms with Gasteiger partial charge in [0.15, 0.2) is 0 Å². The lowest BCUT2D eigenvalue weighted by atomic mass is 9.97. The van der Waals surface area contributed by atoms with Crippen molar-refractivity contribution in [2.24, 2.45) is 17.6 Å². The lowest BCUT2D eigenvalue weighted by molar-refractivity contribution is 0.136. The second-order valence-corrected chi connectivity index (χ2v) is 5.37. The molecular weight excluding hydrogens is 200 g/mol. The molecule has 2 aliphatic heterocycles. The van der Waals surface area contributed by atoms with Gasteiger partial charge in [-0.3, -0.25) is 4.90 Å². The summed E-state index contributed by atoms with van der Waals surface area (Å²) in [6.45, 7) is 7.47. The van der Waals surface area contributed by atoms with E-state index in [0.717, 1.165) is 25.7 Å². The largest absolute Gasteiger partial charge is 0.381 e. The summed E-state index contributed by atoms with van der Waals surface area (Å²) in [6, 6.07) is 0.573. The first-order valence-corrected chi connectivity index (χ1v) is 6.87. The quantitative estimate of drug-likeness (QED) is 0.771. The number of nitrogens with two attached hydrogens (primary N) is 1. The molecule has 0 saturated carbocycles. The summed E-state index contributed by atoms with van der Waals surface area (Å²) < 4.78 is 5.49. The van der Waals surface area contributed by atoms with Crippen LogP contribution in [-0.2, 0) is 4.74 Å². The van der Waals surface area contributed by atoms with Crippen LogP contribution in [0.1, 0.15) is 32.6 Å². The number of ether oxygens (including phenoxy) is 1. The molecule has 2 fully saturated rings. The highest BCUT2D eigenvalue weighted by molar-refractivity contribution is 4.87. The van der Waals surface area contributed by atoms with Gasteiger partial charge in [0.25, 0.3) is 0 Å². The molecule has 2 aliphatic rings. The lowest BCUT2D eigenvalue weighted by Crippen LogP contribution is -2.44. The monoisotopic (exact) mass is 226 g/mol. The lowest BCUT2D eigenvalue weighted by Gasteiger charge is -2.31. The first kappa shape index (κ1) is 12.3. The normalized spacial score (nSPS) is 33.4. The van der Waals surface area contributed by atoms with Gasteiger partial charge in [-0.05, 0) is 31.7 Å². The number of rotatable bonds is 5. The molecule has 0 aromatic heterocycles. The van der Waals surface area contributed by atoms with Gasteiger partial charge in [-0.15, -0.1) is 0 Å². The zero-order valence-corrected chi connectivity index (χ0v) is 10.5. The highest BCUT2D eigenvalue weighted by Crippen LogP contribution is 2.27. The van der Waals surface area contributed by atoms with Crippen LogP contribution < -0.4 is 5.73 Å². The van der Waals surface area contributed by atoms with Gasteiger partial charge in [-0.2, -0.15) is 0 Å². The molecule has 0 bridgehead atoms. The Hall–Kier alpha value is -0.120. The predicted octanol–water partition coefficient (Wildman–Crippen LogP) is 1.47. The van der Waals surface area contributed by atoms with E-state index in [0.29, 0.717) is 12.0 Å². The van der Waals surface area contributed by atoms with E-state index in [1.54, 1.807) is 0 Å². The van der Waals surface area contributed by atoms with Crippen molar-refractivity contribution in [1.29, 1.82) is 0 Å². The first-order chi connectivity index (χ1) is 7.85. The Labute approximate surface area is 99.3 Å². The van der Waals surface area contributed by atoms with Crippen LogP contribution >= 0.6 is 0 Å². The fraction of sp³-hybridized carbons (Fsp3) is 1.00. The van der Waals surface area contributed by atoms with Crippen molar-refractivity contribution in [2.75, 3.05) is 32.8 Å². The molecule has 94 valence electrons. The maximum atomic E-state index is 5.95. The van der Waals surface area contributed by atoms with E-state index in [-0.39, 0.29) is 0 Å². The molecule has 2 saturated heterocycles. The molecule has 2 rings (SSSR count). The van der Waals surface area contributed by atoms with Crippen molar-refractivity contribution in [2.45, 2.75) is 38.6 Å². The van der Waals surface area contributed by atoms with Crippen molar-refractivity contribution in [1.82, 2.24) is 4.90 Å². The molecule has 3 heteroatoms. The molecule has 2 N–H and O–H groups in total. The van der Waals surface area contributed by atoms with Crippen LogP contribution in [0.3, 0.4) is 0 Å². The summed E-state index contributed by atoms with van der Waals surface area (Å²) in [7, 11) is 0. The summed E-state index contributed by atoms with van der Waals surface area (Å²) in [5.74, 6) is 1.60. The molecular formula is C13H26N2O. The van der Waals surface area contributed by atoms with Crippen molar-refractivity contribution in [3.63, 3.8) is 0 Å². The van der Waals surface area contributed by atoms with Crippen molar-refractivity contribution in [3.05, 3.63) is 0 Å². The van der Waals surface area contributed by atoms with Gasteiger partial charge in [-0.1, -0.05) is 13.3 Å². The van der Waals surface area contributed by atoms with E-state index < -0.39 is 0 Å². The summed E-state index contributed by atoms with van der Waals surface area (Å²) >= 11 is 0. The molecule has 3 atom stereocenters. The van der Waals surface area contributed by atoms with Crippen molar-refractivity contribution in [3.8, 4) is 0 Å². The fourth-order valence-corrected chi connectivity index (χ4v) is 3.30. The minimum absolute atomic E-state index is 0.573. The molecule has 0 aromatic rings. The van der Waals surface area contributed by atoms with Crippen molar-refractivity contribution >= 4 is 0 Å². The van der Waals surface area contributed by atoms with Crippen molar-refractivity contribution < 1.29 is 4.74 Å². The molecule has 0 radical (unpaired) electrons. The van der Waals surface area contributed by atoms with E-state index in [9.17, 15) is 0 Å². The van der Waals surface area contributed by atoms with Gasteiger partial charge >= 0.3 is 0 Å². The zero-order valence-electron chi connectivity index (χ0n) is 10.5. The molecule has 3 unspecified atom stereocenters. The van der Waals surface area contributed by atoms with Crippen LogP contribution in [0.5, 0.6) is 0 Å². The summed E-state index contributed by atoms with van der Waals surface area (Å²) in [5, 5.41) is 0. The maximum Gasteiger partial charge on any atom is 0.0510 e. The highest BCUT2D eigenvalue weighted by atomic mass is 16.5. The van der Waals surface area contributed by atoms with Crippen LogP contribution in [0.15, 0.2) is 0 Å². The Morgan fingerprint density at radius 1 is 1.44 bits per heavy atom. The zero-order chi connectivity index (χ0) is 11.4. The fourth-order valence-electron chi connectivity index (χ4n) is 3.30. The van der Waals surface area contributed by atoms with Crippen LogP contribution in [-0.4, -0.2) is 43.8 Å². The maximum absolute atomic E-state index is 5.95. The number of hydrogen-bond donors (Lipinski definition) is 1. The third kappa shape index (κ3) is 2.76. The Bertz CT molecular complexity index is 204. The topological polar surface area (TPSA) is 38.5 Å². The van der Waals surface area contributed by atoms with Crippen LogP contribution in [0.2, 0.25) is 0 Å². The summed E-state index contributed by atoms with van der Waals surface area (Å²) in [4.78, 5) is 2.62. The SMILES string of the molecule is CCCC1CCN(C(CN)C2CCOC2)C1. The van der Waals surface area contributed by atoms with Gasteiger partial charge in [0.1, 0.15) is 0 Å². The van der Waals surface area contributed by atoms with E-state index in [1.165, 1.54) is 38.8 Å². The number of hydrogen-bond acceptors (Lipinski definition) is 3.